The molecule has 0 radical (unpaired) electrons. The number of aliphatic hydroxyl groups excluding tert-OH is 1. The van der Waals surface area contributed by atoms with Crippen LogP contribution in [0.25, 0.3) is 0 Å². The first-order chi connectivity index (χ1) is 7.35. The molecule has 15 heavy (non-hydrogen) atoms. The highest BCUT2D eigenvalue weighted by atomic mass is 32.2. The summed E-state index contributed by atoms with van der Waals surface area (Å²) in [6.07, 6.45) is 8.73. The fraction of sp³-hybridized carbons (Fsp3) is 0.636. The van der Waals surface area contributed by atoms with Gasteiger partial charge in [0.25, 0.3) is 0 Å². The Kier molecular flexibility index (Phi) is 3.59. The Morgan fingerprint density at radius 2 is 2.20 bits per heavy atom. The molecule has 1 aromatic heterocycles. The second kappa shape index (κ2) is 4.94. The maximum absolute atomic E-state index is 9.26. The van der Waals surface area contributed by atoms with E-state index in [0.717, 1.165) is 16.4 Å². The summed E-state index contributed by atoms with van der Waals surface area (Å²) in [7, 11) is 0. The van der Waals surface area contributed by atoms with E-state index >= 15 is 0 Å². The molecule has 3 nitrogen and oxygen atoms in total. The first-order valence-electron chi connectivity index (χ1n) is 5.36. The predicted octanol–water partition coefficient (Wildman–Crippen LogP) is 2.35. The first-order valence-corrected chi connectivity index (χ1v) is 6.58. The van der Waals surface area contributed by atoms with E-state index in [-0.39, 0.29) is 6.61 Å². The van der Waals surface area contributed by atoms with E-state index in [9.17, 15) is 5.11 Å². The van der Waals surface area contributed by atoms with Gasteiger partial charge in [-0.2, -0.15) is 0 Å². The van der Waals surface area contributed by atoms with E-state index in [1.165, 1.54) is 25.7 Å². The SMILES string of the molecule is CSc1ncc(CO)c(C2CCCC2)n1. The number of rotatable bonds is 3. The van der Waals surface area contributed by atoms with Gasteiger partial charge in [-0.3, -0.25) is 0 Å². The lowest BCUT2D eigenvalue weighted by Gasteiger charge is -2.13. The fourth-order valence-corrected chi connectivity index (χ4v) is 2.52. The van der Waals surface area contributed by atoms with Gasteiger partial charge in [-0.25, -0.2) is 9.97 Å². The van der Waals surface area contributed by atoms with Crippen LogP contribution in [0.4, 0.5) is 0 Å². The lowest BCUT2D eigenvalue weighted by molar-refractivity contribution is 0.278. The van der Waals surface area contributed by atoms with Crippen LogP contribution in [-0.4, -0.2) is 21.3 Å². The van der Waals surface area contributed by atoms with Crippen molar-refractivity contribution in [2.24, 2.45) is 0 Å². The highest BCUT2D eigenvalue weighted by Gasteiger charge is 2.21. The maximum atomic E-state index is 9.26. The number of aromatic nitrogens is 2. The van der Waals surface area contributed by atoms with Crippen LogP contribution in [0.3, 0.4) is 0 Å². The molecule has 82 valence electrons. The Bertz CT molecular complexity index is 337. The normalized spacial score (nSPS) is 17.2. The van der Waals surface area contributed by atoms with Gasteiger partial charge in [-0.15, -0.1) is 0 Å². The molecule has 2 rings (SSSR count). The summed E-state index contributed by atoms with van der Waals surface area (Å²) < 4.78 is 0. The molecule has 1 fully saturated rings. The summed E-state index contributed by atoms with van der Waals surface area (Å²) in [5.74, 6) is 0.543. The minimum absolute atomic E-state index is 0.0560. The van der Waals surface area contributed by atoms with Gasteiger partial charge < -0.3 is 5.11 Å². The molecule has 1 aliphatic carbocycles. The van der Waals surface area contributed by atoms with E-state index in [1.54, 1.807) is 18.0 Å². The summed E-state index contributed by atoms with van der Waals surface area (Å²) in [6, 6.07) is 0. The van der Waals surface area contributed by atoms with E-state index in [0.29, 0.717) is 5.92 Å². The quantitative estimate of drug-likeness (QED) is 0.632. The lowest BCUT2D eigenvalue weighted by Crippen LogP contribution is -2.05. The third kappa shape index (κ3) is 2.32. The van der Waals surface area contributed by atoms with Gasteiger partial charge in [-0.05, 0) is 19.1 Å². The number of aliphatic hydroxyl groups is 1. The number of hydrogen-bond donors (Lipinski definition) is 1. The van der Waals surface area contributed by atoms with Crippen LogP contribution >= 0.6 is 11.8 Å². The van der Waals surface area contributed by atoms with Gasteiger partial charge in [-0.1, -0.05) is 24.6 Å². The number of nitrogens with zero attached hydrogens (tertiary/aromatic N) is 2. The van der Waals surface area contributed by atoms with Crippen LogP contribution in [-0.2, 0) is 6.61 Å². The van der Waals surface area contributed by atoms with Crippen molar-refractivity contribution in [1.82, 2.24) is 9.97 Å². The number of hydrogen-bond acceptors (Lipinski definition) is 4. The van der Waals surface area contributed by atoms with Crippen molar-refractivity contribution >= 4 is 11.8 Å². The van der Waals surface area contributed by atoms with Crippen LogP contribution in [0.2, 0.25) is 0 Å². The molecule has 0 atom stereocenters. The minimum atomic E-state index is 0.0560. The topological polar surface area (TPSA) is 46.0 Å². The summed E-state index contributed by atoms with van der Waals surface area (Å²) in [4.78, 5) is 8.73. The Hall–Kier alpha value is -0.610. The smallest absolute Gasteiger partial charge is 0.187 e. The molecular weight excluding hydrogens is 208 g/mol. The molecule has 0 bridgehead atoms. The average Bonchev–Trinajstić information content (AvgIpc) is 2.81. The molecule has 0 spiro atoms. The molecule has 4 heteroatoms. The Labute approximate surface area is 94.3 Å². The molecule has 0 aromatic carbocycles. The molecule has 0 amide bonds. The number of thioether (sulfide) groups is 1. The van der Waals surface area contributed by atoms with Crippen molar-refractivity contribution in [2.75, 3.05) is 6.26 Å². The van der Waals surface area contributed by atoms with Crippen LogP contribution < -0.4 is 0 Å². The second-order valence-corrected chi connectivity index (χ2v) is 4.68. The van der Waals surface area contributed by atoms with Crippen molar-refractivity contribution < 1.29 is 5.11 Å². The zero-order chi connectivity index (χ0) is 10.7. The van der Waals surface area contributed by atoms with Crippen molar-refractivity contribution in [3.05, 3.63) is 17.5 Å². The highest BCUT2D eigenvalue weighted by Crippen LogP contribution is 2.35. The third-order valence-corrected chi connectivity index (χ3v) is 3.53. The van der Waals surface area contributed by atoms with Gasteiger partial charge in [0.15, 0.2) is 5.16 Å². The van der Waals surface area contributed by atoms with Gasteiger partial charge in [0.2, 0.25) is 0 Å². The van der Waals surface area contributed by atoms with Gasteiger partial charge in [0.1, 0.15) is 0 Å². The lowest BCUT2D eigenvalue weighted by atomic mass is 10.00. The Morgan fingerprint density at radius 1 is 1.47 bits per heavy atom. The Balaban J connectivity index is 2.32. The molecule has 0 saturated heterocycles. The molecule has 1 N–H and O–H groups in total. The monoisotopic (exact) mass is 224 g/mol. The van der Waals surface area contributed by atoms with Crippen LogP contribution in [0.15, 0.2) is 11.4 Å². The summed E-state index contributed by atoms with van der Waals surface area (Å²) in [5.41, 5.74) is 1.98. The molecule has 0 aliphatic heterocycles. The van der Waals surface area contributed by atoms with Crippen LogP contribution in [0, 0.1) is 0 Å². The first kappa shape index (κ1) is 10.9. The van der Waals surface area contributed by atoms with Gasteiger partial charge in [0, 0.05) is 17.7 Å². The minimum Gasteiger partial charge on any atom is -0.392 e. The van der Waals surface area contributed by atoms with Gasteiger partial charge >= 0.3 is 0 Å². The maximum Gasteiger partial charge on any atom is 0.187 e. The van der Waals surface area contributed by atoms with Crippen molar-refractivity contribution in [1.29, 1.82) is 0 Å². The van der Waals surface area contributed by atoms with Crippen molar-refractivity contribution in [2.45, 2.75) is 43.4 Å². The fourth-order valence-electron chi connectivity index (χ4n) is 2.18. The van der Waals surface area contributed by atoms with Gasteiger partial charge in [0.05, 0.1) is 12.3 Å². The second-order valence-electron chi connectivity index (χ2n) is 3.91. The largest absolute Gasteiger partial charge is 0.392 e. The molecule has 0 unspecified atom stereocenters. The zero-order valence-electron chi connectivity index (χ0n) is 8.94. The van der Waals surface area contributed by atoms with E-state index in [1.807, 2.05) is 6.26 Å². The average molecular weight is 224 g/mol. The van der Waals surface area contributed by atoms with Crippen molar-refractivity contribution in [3.63, 3.8) is 0 Å². The molecule has 1 saturated carbocycles. The standard InChI is InChI=1S/C11H16N2OS/c1-15-11-12-6-9(7-14)10(13-11)8-4-2-3-5-8/h6,8,14H,2-5,7H2,1H3. The zero-order valence-corrected chi connectivity index (χ0v) is 9.76. The Morgan fingerprint density at radius 3 is 2.80 bits per heavy atom. The van der Waals surface area contributed by atoms with Crippen LogP contribution in [0.1, 0.15) is 42.9 Å². The van der Waals surface area contributed by atoms with Crippen LogP contribution in [0.5, 0.6) is 0 Å². The molecule has 1 aromatic rings. The summed E-state index contributed by atoms with van der Waals surface area (Å²) >= 11 is 1.56. The predicted molar refractivity (Wildman–Crippen MR) is 60.9 cm³/mol. The van der Waals surface area contributed by atoms with E-state index in [2.05, 4.69) is 9.97 Å². The van der Waals surface area contributed by atoms with Crippen molar-refractivity contribution in [3.8, 4) is 0 Å². The molecule has 1 heterocycles. The van der Waals surface area contributed by atoms with E-state index in [4.69, 9.17) is 0 Å². The molecule has 1 aliphatic rings. The van der Waals surface area contributed by atoms with E-state index < -0.39 is 0 Å². The highest BCUT2D eigenvalue weighted by molar-refractivity contribution is 7.98. The summed E-state index contributed by atoms with van der Waals surface area (Å²) in [6.45, 7) is 0.0560. The molecular formula is C11H16N2OS. The third-order valence-electron chi connectivity index (χ3n) is 2.97. The summed E-state index contributed by atoms with van der Waals surface area (Å²) in [5, 5.41) is 10.1.